The average Bonchev–Trinajstić information content (AvgIpc) is 2.26. The van der Waals surface area contributed by atoms with Gasteiger partial charge in [-0.15, -0.1) is 11.8 Å². The van der Waals surface area contributed by atoms with Crippen LogP contribution < -0.4 is 11.1 Å². The minimum absolute atomic E-state index is 0.0745. The standard InChI is InChI=1S/C12H16Cl2N2OS/c1-12(2,15)7-16-11(17)6-18-10-5-8(13)3-4-9(10)14/h3-5H,6-7,15H2,1-2H3,(H,16,17). The third-order valence-corrected chi connectivity index (χ3v) is 3.73. The Bertz CT molecular complexity index is 433. The van der Waals surface area contributed by atoms with E-state index in [-0.39, 0.29) is 11.7 Å². The summed E-state index contributed by atoms with van der Waals surface area (Å²) >= 11 is 13.2. The number of nitrogens with two attached hydrogens (primary N) is 1. The molecule has 0 aromatic heterocycles. The number of carbonyl (C=O) groups is 1. The normalized spacial score (nSPS) is 11.4. The Morgan fingerprint density at radius 1 is 1.44 bits per heavy atom. The Morgan fingerprint density at radius 2 is 2.11 bits per heavy atom. The van der Waals surface area contributed by atoms with Crippen LogP contribution >= 0.6 is 35.0 Å². The quantitative estimate of drug-likeness (QED) is 0.822. The molecule has 0 fully saturated rings. The Labute approximate surface area is 121 Å². The molecule has 0 heterocycles. The molecule has 0 bridgehead atoms. The van der Waals surface area contributed by atoms with Crippen LogP contribution in [0.3, 0.4) is 0 Å². The van der Waals surface area contributed by atoms with Crippen LogP contribution in [0.2, 0.25) is 10.0 Å². The summed E-state index contributed by atoms with van der Waals surface area (Å²) in [6.45, 7) is 4.15. The molecule has 0 aliphatic heterocycles. The van der Waals surface area contributed by atoms with Crippen molar-refractivity contribution in [2.75, 3.05) is 12.3 Å². The summed E-state index contributed by atoms with van der Waals surface area (Å²) in [5.41, 5.74) is 5.37. The lowest BCUT2D eigenvalue weighted by atomic mass is 10.1. The first-order valence-electron chi connectivity index (χ1n) is 5.41. The van der Waals surface area contributed by atoms with Gasteiger partial charge in [-0.25, -0.2) is 0 Å². The maximum atomic E-state index is 11.6. The fourth-order valence-electron chi connectivity index (χ4n) is 1.11. The number of carbonyl (C=O) groups excluding carboxylic acids is 1. The topological polar surface area (TPSA) is 55.1 Å². The molecule has 0 saturated heterocycles. The molecule has 0 unspecified atom stereocenters. The van der Waals surface area contributed by atoms with Crippen molar-refractivity contribution in [3.8, 4) is 0 Å². The van der Waals surface area contributed by atoms with Crippen LogP contribution in [0.1, 0.15) is 13.8 Å². The molecule has 1 aromatic rings. The Balaban J connectivity index is 2.45. The lowest BCUT2D eigenvalue weighted by molar-refractivity contribution is -0.118. The molecule has 1 rings (SSSR count). The van der Waals surface area contributed by atoms with Crippen molar-refractivity contribution >= 4 is 40.9 Å². The zero-order chi connectivity index (χ0) is 13.8. The Kier molecular flexibility index (Phi) is 5.79. The monoisotopic (exact) mass is 306 g/mol. The summed E-state index contributed by atoms with van der Waals surface area (Å²) < 4.78 is 0. The molecular formula is C12H16Cl2N2OS. The van der Waals surface area contributed by atoms with Crippen molar-refractivity contribution < 1.29 is 4.79 Å². The van der Waals surface area contributed by atoms with Crippen molar-refractivity contribution in [2.45, 2.75) is 24.3 Å². The van der Waals surface area contributed by atoms with Gasteiger partial charge in [0.2, 0.25) is 5.91 Å². The summed E-state index contributed by atoms with van der Waals surface area (Å²) in [6, 6.07) is 5.17. The van der Waals surface area contributed by atoms with Gasteiger partial charge in [0.1, 0.15) is 0 Å². The molecule has 0 radical (unpaired) electrons. The Morgan fingerprint density at radius 3 is 2.72 bits per heavy atom. The summed E-state index contributed by atoms with van der Waals surface area (Å²) in [6.07, 6.45) is 0. The van der Waals surface area contributed by atoms with Crippen LogP contribution in [0.15, 0.2) is 23.1 Å². The molecule has 0 aliphatic rings. The molecule has 0 spiro atoms. The first-order chi connectivity index (χ1) is 8.28. The number of halogens is 2. The Hall–Kier alpha value is -0.420. The van der Waals surface area contributed by atoms with Crippen LogP contribution in [-0.4, -0.2) is 23.7 Å². The van der Waals surface area contributed by atoms with Gasteiger partial charge in [0, 0.05) is 22.0 Å². The van der Waals surface area contributed by atoms with E-state index in [2.05, 4.69) is 5.32 Å². The zero-order valence-corrected chi connectivity index (χ0v) is 12.6. The third kappa shape index (κ3) is 5.96. The number of thioether (sulfide) groups is 1. The van der Waals surface area contributed by atoms with E-state index in [9.17, 15) is 4.79 Å². The third-order valence-electron chi connectivity index (χ3n) is 1.99. The summed E-state index contributed by atoms with van der Waals surface area (Å²) in [5, 5.41) is 3.96. The largest absolute Gasteiger partial charge is 0.354 e. The number of hydrogen-bond donors (Lipinski definition) is 2. The van der Waals surface area contributed by atoms with Gasteiger partial charge in [0.25, 0.3) is 0 Å². The highest BCUT2D eigenvalue weighted by atomic mass is 35.5. The zero-order valence-electron chi connectivity index (χ0n) is 10.3. The van der Waals surface area contributed by atoms with E-state index in [1.165, 1.54) is 11.8 Å². The van der Waals surface area contributed by atoms with E-state index >= 15 is 0 Å². The van der Waals surface area contributed by atoms with Crippen molar-refractivity contribution in [1.29, 1.82) is 0 Å². The minimum Gasteiger partial charge on any atom is -0.354 e. The fourth-order valence-corrected chi connectivity index (χ4v) is 2.43. The van der Waals surface area contributed by atoms with Crippen LogP contribution in [0.4, 0.5) is 0 Å². The second kappa shape index (κ2) is 6.66. The van der Waals surface area contributed by atoms with E-state index in [0.717, 1.165) is 4.90 Å². The molecule has 0 saturated carbocycles. The molecule has 1 amide bonds. The molecule has 3 N–H and O–H groups in total. The van der Waals surface area contributed by atoms with Crippen LogP contribution in [0.5, 0.6) is 0 Å². The van der Waals surface area contributed by atoms with Crippen LogP contribution in [0, 0.1) is 0 Å². The maximum Gasteiger partial charge on any atom is 0.230 e. The molecule has 100 valence electrons. The highest BCUT2D eigenvalue weighted by Crippen LogP contribution is 2.29. The second-order valence-corrected chi connectivity index (χ2v) is 6.49. The summed E-state index contributed by atoms with van der Waals surface area (Å²) in [4.78, 5) is 12.4. The van der Waals surface area contributed by atoms with Gasteiger partial charge >= 0.3 is 0 Å². The van der Waals surface area contributed by atoms with E-state index in [1.807, 2.05) is 13.8 Å². The molecule has 6 heteroatoms. The van der Waals surface area contributed by atoms with E-state index < -0.39 is 5.54 Å². The molecule has 1 aromatic carbocycles. The smallest absolute Gasteiger partial charge is 0.230 e. The second-order valence-electron chi connectivity index (χ2n) is 4.63. The van der Waals surface area contributed by atoms with E-state index in [1.54, 1.807) is 18.2 Å². The lowest BCUT2D eigenvalue weighted by Crippen LogP contribution is -2.45. The van der Waals surface area contributed by atoms with Crippen molar-refractivity contribution in [1.82, 2.24) is 5.32 Å². The van der Waals surface area contributed by atoms with Gasteiger partial charge in [0.05, 0.1) is 10.8 Å². The maximum absolute atomic E-state index is 11.6. The number of hydrogen-bond acceptors (Lipinski definition) is 3. The molecule has 3 nitrogen and oxygen atoms in total. The van der Waals surface area contributed by atoms with E-state index in [4.69, 9.17) is 28.9 Å². The van der Waals surface area contributed by atoms with Gasteiger partial charge < -0.3 is 11.1 Å². The van der Waals surface area contributed by atoms with Gasteiger partial charge in [0.15, 0.2) is 0 Å². The lowest BCUT2D eigenvalue weighted by Gasteiger charge is -2.18. The van der Waals surface area contributed by atoms with Crippen molar-refractivity contribution in [2.24, 2.45) is 5.73 Å². The number of nitrogens with one attached hydrogen (secondary N) is 1. The fraction of sp³-hybridized carbons (Fsp3) is 0.417. The van der Waals surface area contributed by atoms with Crippen LogP contribution in [0.25, 0.3) is 0 Å². The van der Waals surface area contributed by atoms with Crippen molar-refractivity contribution in [3.63, 3.8) is 0 Å². The first kappa shape index (κ1) is 15.6. The average molecular weight is 307 g/mol. The van der Waals surface area contributed by atoms with Crippen molar-refractivity contribution in [3.05, 3.63) is 28.2 Å². The van der Waals surface area contributed by atoms with Gasteiger partial charge in [-0.05, 0) is 32.0 Å². The molecular weight excluding hydrogens is 291 g/mol. The number of rotatable bonds is 5. The summed E-state index contributed by atoms with van der Waals surface area (Å²) in [7, 11) is 0. The van der Waals surface area contributed by atoms with Gasteiger partial charge in [-0.3, -0.25) is 4.79 Å². The minimum atomic E-state index is -0.409. The van der Waals surface area contributed by atoms with Gasteiger partial charge in [-0.2, -0.15) is 0 Å². The van der Waals surface area contributed by atoms with E-state index in [0.29, 0.717) is 16.6 Å². The number of amides is 1. The predicted octanol–water partition coefficient (Wildman–Crippen LogP) is 2.94. The highest BCUT2D eigenvalue weighted by molar-refractivity contribution is 8.00. The SMILES string of the molecule is CC(C)(N)CNC(=O)CSc1cc(Cl)ccc1Cl. The molecule has 0 atom stereocenters. The number of benzene rings is 1. The summed E-state index contributed by atoms with van der Waals surface area (Å²) in [5.74, 6) is 0.213. The van der Waals surface area contributed by atoms with Gasteiger partial charge in [-0.1, -0.05) is 23.2 Å². The highest BCUT2D eigenvalue weighted by Gasteiger charge is 2.12. The molecule has 0 aliphatic carbocycles. The molecule has 18 heavy (non-hydrogen) atoms. The van der Waals surface area contributed by atoms with Crippen LogP contribution in [-0.2, 0) is 4.79 Å². The predicted molar refractivity (Wildman–Crippen MR) is 78.5 cm³/mol. The first-order valence-corrected chi connectivity index (χ1v) is 7.15.